The maximum absolute atomic E-state index is 11.3. The van der Waals surface area contributed by atoms with E-state index in [4.69, 9.17) is 4.74 Å². The Kier molecular flexibility index (Phi) is 7.44. The van der Waals surface area contributed by atoms with Gasteiger partial charge in [0.1, 0.15) is 0 Å². The number of methoxy groups -OCH3 is 1. The zero-order valence-corrected chi connectivity index (χ0v) is 12.4. The first-order chi connectivity index (χ1) is 7.22. The lowest BCUT2D eigenvalue weighted by atomic mass is 9.97. The van der Waals surface area contributed by atoms with Crippen LogP contribution in [0.1, 0.15) is 12.8 Å². The molecule has 0 aromatic rings. The van der Waals surface area contributed by atoms with Crippen molar-refractivity contribution in [3.63, 3.8) is 0 Å². The molecule has 1 fully saturated rings. The summed E-state index contributed by atoms with van der Waals surface area (Å²) in [5.41, 5.74) is 0. The zero-order chi connectivity index (χ0) is 11.3. The molecule has 0 unspecified atom stereocenters. The van der Waals surface area contributed by atoms with Crippen molar-refractivity contribution in [1.29, 1.82) is 0 Å². The van der Waals surface area contributed by atoms with E-state index in [1.165, 1.54) is 7.11 Å². The third kappa shape index (κ3) is 3.80. The molecule has 1 aliphatic rings. The number of hydrogen-bond acceptors (Lipinski definition) is 3. The molecule has 5 nitrogen and oxygen atoms in total. The quantitative estimate of drug-likeness (QED) is 0.330. The summed E-state index contributed by atoms with van der Waals surface area (Å²) in [6.07, 6.45) is 1.68. The maximum Gasteiger partial charge on any atom is 0.308 e. The number of ether oxygens (including phenoxy) is 1. The second-order valence-electron chi connectivity index (χ2n) is 3.58. The molecule has 1 rings (SSSR count). The molecule has 0 spiro atoms. The molecule has 1 saturated heterocycles. The van der Waals surface area contributed by atoms with Crippen molar-refractivity contribution in [3.05, 3.63) is 0 Å². The minimum Gasteiger partial charge on any atom is -0.469 e. The van der Waals surface area contributed by atoms with Crippen molar-refractivity contribution in [2.45, 2.75) is 12.8 Å². The van der Waals surface area contributed by atoms with E-state index in [9.17, 15) is 4.79 Å². The summed E-state index contributed by atoms with van der Waals surface area (Å²) < 4.78 is 4.73. The number of piperidine rings is 1. The average molecular weight is 341 g/mol. The fourth-order valence-corrected chi connectivity index (χ4v) is 1.90. The first-order valence-corrected chi connectivity index (χ1v) is 5.20. The van der Waals surface area contributed by atoms with E-state index in [0.717, 1.165) is 31.9 Å². The van der Waals surface area contributed by atoms with Crippen LogP contribution in [0.15, 0.2) is 4.99 Å². The van der Waals surface area contributed by atoms with Crippen molar-refractivity contribution >= 4 is 35.9 Å². The monoisotopic (exact) mass is 341 g/mol. The van der Waals surface area contributed by atoms with Crippen molar-refractivity contribution in [1.82, 2.24) is 10.2 Å². The summed E-state index contributed by atoms with van der Waals surface area (Å²) in [5.74, 6) is 0.855. The van der Waals surface area contributed by atoms with Crippen molar-refractivity contribution in [3.8, 4) is 0 Å². The molecular weight excluding hydrogens is 321 g/mol. The largest absolute Gasteiger partial charge is 0.469 e. The van der Waals surface area contributed by atoms with Crippen LogP contribution in [-0.2, 0) is 9.53 Å². The summed E-state index contributed by atoms with van der Waals surface area (Å²) >= 11 is 0. The molecule has 0 aromatic heterocycles. The Balaban J connectivity index is 0.00000225. The number of guanidine groups is 1. The molecule has 94 valence electrons. The molecule has 6 heteroatoms. The lowest BCUT2D eigenvalue weighted by molar-refractivity contribution is -0.146. The van der Waals surface area contributed by atoms with E-state index in [1.807, 2.05) is 7.05 Å². The number of halogens is 1. The lowest BCUT2D eigenvalue weighted by Crippen LogP contribution is -2.45. The van der Waals surface area contributed by atoms with Crippen LogP contribution in [0.2, 0.25) is 0 Å². The predicted octanol–water partition coefficient (Wildman–Crippen LogP) is 0.695. The fourth-order valence-electron chi connectivity index (χ4n) is 1.90. The Morgan fingerprint density at radius 2 is 2.00 bits per heavy atom. The smallest absolute Gasteiger partial charge is 0.308 e. The van der Waals surface area contributed by atoms with E-state index in [0.29, 0.717) is 0 Å². The molecule has 0 radical (unpaired) electrons. The SMILES string of the molecule is CN=C(NC)N1CCC(C(=O)OC)CC1.I. The van der Waals surface area contributed by atoms with Gasteiger partial charge in [0.15, 0.2) is 5.96 Å². The van der Waals surface area contributed by atoms with Crippen LogP contribution in [0.5, 0.6) is 0 Å². The molecule has 0 amide bonds. The van der Waals surface area contributed by atoms with Gasteiger partial charge >= 0.3 is 5.97 Å². The topological polar surface area (TPSA) is 53.9 Å². The first-order valence-electron chi connectivity index (χ1n) is 5.20. The number of hydrogen-bond donors (Lipinski definition) is 1. The van der Waals surface area contributed by atoms with Crippen LogP contribution < -0.4 is 5.32 Å². The lowest BCUT2D eigenvalue weighted by Gasteiger charge is -2.32. The normalized spacial score (nSPS) is 17.7. The first kappa shape index (κ1) is 15.5. The van der Waals surface area contributed by atoms with Crippen LogP contribution in [0.4, 0.5) is 0 Å². The van der Waals surface area contributed by atoms with E-state index in [1.54, 1.807) is 7.05 Å². The summed E-state index contributed by atoms with van der Waals surface area (Å²) in [6.45, 7) is 1.71. The fraction of sp³-hybridized carbons (Fsp3) is 0.800. The Labute approximate surface area is 114 Å². The predicted molar refractivity (Wildman–Crippen MR) is 74.1 cm³/mol. The summed E-state index contributed by atoms with van der Waals surface area (Å²) in [7, 11) is 5.06. The van der Waals surface area contributed by atoms with E-state index in [-0.39, 0.29) is 35.9 Å². The van der Waals surface area contributed by atoms with Crippen LogP contribution in [0.3, 0.4) is 0 Å². The van der Waals surface area contributed by atoms with Gasteiger partial charge in [-0.25, -0.2) is 0 Å². The highest BCUT2D eigenvalue weighted by atomic mass is 127. The van der Waals surface area contributed by atoms with Gasteiger partial charge in [-0.3, -0.25) is 9.79 Å². The van der Waals surface area contributed by atoms with Gasteiger partial charge in [-0.05, 0) is 12.8 Å². The molecule has 0 saturated carbocycles. The molecule has 0 bridgehead atoms. The van der Waals surface area contributed by atoms with Crippen LogP contribution in [0.25, 0.3) is 0 Å². The highest BCUT2D eigenvalue weighted by molar-refractivity contribution is 14.0. The molecule has 0 aliphatic carbocycles. The number of rotatable bonds is 1. The second kappa shape index (κ2) is 7.70. The van der Waals surface area contributed by atoms with Crippen LogP contribution in [0, 0.1) is 5.92 Å². The Morgan fingerprint density at radius 1 is 1.44 bits per heavy atom. The number of esters is 1. The molecule has 16 heavy (non-hydrogen) atoms. The van der Waals surface area contributed by atoms with Gasteiger partial charge in [-0.1, -0.05) is 0 Å². The van der Waals surface area contributed by atoms with Gasteiger partial charge in [0.05, 0.1) is 13.0 Å². The third-order valence-electron chi connectivity index (χ3n) is 2.76. The molecule has 1 heterocycles. The van der Waals surface area contributed by atoms with Gasteiger partial charge in [0.2, 0.25) is 0 Å². The van der Waals surface area contributed by atoms with Gasteiger partial charge in [0, 0.05) is 27.2 Å². The van der Waals surface area contributed by atoms with Crippen molar-refractivity contribution in [2.75, 3.05) is 34.3 Å². The number of likely N-dealkylation sites (tertiary alicyclic amines) is 1. The number of nitrogens with zero attached hydrogens (tertiary/aromatic N) is 2. The average Bonchev–Trinajstić information content (AvgIpc) is 2.30. The minimum absolute atomic E-state index is 0. The van der Waals surface area contributed by atoms with Crippen LogP contribution >= 0.6 is 24.0 Å². The Morgan fingerprint density at radius 3 is 2.38 bits per heavy atom. The number of carbonyl (C=O) groups excluding carboxylic acids is 1. The molecule has 0 aromatic carbocycles. The summed E-state index contributed by atoms with van der Waals surface area (Å²) in [4.78, 5) is 17.6. The van der Waals surface area contributed by atoms with Crippen LogP contribution in [-0.4, -0.2) is 51.1 Å². The standard InChI is InChI=1S/C10H19N3O2.HI/c1-11-10(12-2)13-6-4-8(5-7-13)9(14)15-3;/h8H,4-7H2,1-3H3,(H,11,12);1H. The van der Waals surface area contributed by atoms with Gasteiger partial charge in [0.25, 0.3) is 0 Å². The Hall–Kier alpha value is -0.530. The maximum atomic E-state index is 11.3. The van der Waals surface area contributed by atoms with Crippen molar-refractivity contribution in [2.24, 2.45) is 10.9 Å². The highest BCUT2D eigenvalue weighted by Gasteiger charge is 2.26. The van der Waals surface area contributed by atoms with Gasteiger partial charge in [-0.2, -0.15) is 0 Å². The number of nitrogens with one attached hydrogen (secondary N) is 1. The molecule has 0 atom stereocenters. The van der Waals surface area contributed by atoms with Gasteiger partial charge in [-0.15, -0.1) is 24.0 Å². The van der Waals surface area contributed by atoms with E-state index >= 15 is 0 Å². The molecule has 1 aliphatic heterocycles. The zero-order valence-electron chi connectivity index (χ0n) is 10.0. The van der Waals surface area contributed by atoms with E-state index < -0.39 is 0 Å². The summed E-state index contributed by atoms with van der Waals surface area (Å²) in [5, 5.41) is 3.04. The Bertz CT molecular complexity index is 250. The number of aliphatic imine (C=N–C) groups is 1. The minimum atomic E-state index is -0.0888. The van der Waals surface area contributed by atoms with Crippen molar-refractivity contribution < 1.29 is 9.53 Å². The third-order valence-corrected chi connectivity index (χ3v) is 2.76. The second-order valence-corrected chi connectivity index (χ2v) is 3.58. The number of carbonyl (C=O) groups is 1. The molecular formula is C10H20IN3O2. The molecule has 1 N–H and O–H groups in total. The summed E-state index contributed by atoms with van der Waals surface area (Å²) in [6, 6.07) is 0. The van der Waals surface area contributed by atoms with Gasteiger partial charge < -0.3 is 15.0 Å². The highest BCUT2D eigenvalue weighted by Crippen LogP contribution is 2.18. The van der Waals surface area contributed by atoms with E-state index in [2.05, 4.69) is 15.2 Å².